The van der Waals surface area contributed by atoms with Crippen molar-refractivity contribution in [3.63, 3.8) is 0 Å². The number of hydrogen-bond donors (Lipinski definition) is 1. The molecule has 0 aliphatic rings. The average molecular weight is 222 g/mol. The van der Waals surface area contributed by atoms with Gasteiger partial charge in [0.2, 0.25) is 0 Å². The van der Waals surface area contributed by atoms with Crippen LogP contribution in [-0.4, -0.2) is 14.9 Å². The molecular formula is C10H8ClN3O. The van der Waals surface area contributed by atoms with Crippen molar-refractivity contribution in [2.24, 2.45) is 4.99 Å². The smallest absolute Gasteiger partial charge is 0.188 e. The highest BCUT2D eigenvalue weighted by Crippen LogP contribution is 2.08. The van der Waals surface area contributed by atoms with E-state index in [1.54, 1.807) is 0 Å². The molecular weight excluding hydrogens is 214 g/mol. The highest BCUT2D eigenvalue weighted by molar-refractivity contribution is 6.29. The Morgan fingerprint density at radius 1 is 1.20 bits per heavy atom. The highest BCUT2D eigenvalue weighted by Gasteiger charge is 1.96. The summed E-state index contributed by atoms with van der Waals surface area (Å²) in [6.45, 7) is 0. The fourth-order valence-electron chi connectivity index (χ4n) is 1.10. The lowest BCUT2D eigenvalue weighted by Crippen LogP contribution is -2.19. The Labute approximate surface area is 91.1 Å². The second-order valence-corrected chi connectivity index (χ2v) is 3.23. The second-order valence-electron chi connectivity index (χ2n) is 2.85. The topological polar surface area (TPSA) is 50.4 Å². The third-order valence-corrected chi connectivity index (χ3v) is 2.05. The first-order valence-electron chi connectivity index (χ1n) is 4.29. The molecule has 1 aromatic heterocycles. The zero-order valence-electron chi connectivity index (χ0n) is 7.71. The van der Waals surface area contributed by atoms with Crippen molar-refractivity contribution in [1.29, 1.82) is 0 Å². The Balaban J connectivity index is 2.55. The summed E-state index contributed by atoms with van der Waals surface area (Å²) in [5.41, 5.74) is 1.01. The molecule has 4 nitrogen and oxygen atoms in total. The molecule has 0 fully saturated rings. The lowest BCUT2D eigenvalue weighted by Gasteiger charge is -1.99. The van der Waals surface area contributed by atoms with E-state index in [-0.39, 0.29) is 10.6 Å². The molecule has 15 heavy (non-hydrogen) atoms. The molecule has 0 aliphatic heterocycles. The van der Waals surface area contributed by atoms with E-state index in [4.69, 9.17) is 11.6 Å². The van der Waals surface area contributed by atoms with Crippen molar-refractivity contribution in [2.45, 2.75) is 0 Å². The van der Waals surface area contributed by atoms with Gasteiger partial charge >= 0.3 is 0 Å². The van der Waals surface area contributed by atoms with Crippen LogP contribution in [0.25, 0.3) is 0 Å². The van der Waals surface area contributed by atoms with Gasteiger partial charge in [-0.25, -0.2) is 4.99 Å². The zero-order chi connectivity index (χ0) is 10.7. The van der Waals surface area contributed by atoms with Gasteiger partial charge in [0.1, 0.15) is 0 Å². The molecule has 76 valence electrons. The van der Waals surface area contributed by atoms with Crippen LogP contribution < -0.4 is 5.49 Å². The van der Waals surface area contributed by atoms with E-state index in [1.165, 1.54) is 12.4 Å². The minimum atomic E-state index is 0.118. The number of aromatic nitrogens is 2. The van der Waals surface area contributed by atoms with Crippen LogP contribution in [-0.2, 0) is 0 Å². The maximum atomic E-state index is 9.51. The van der Waals surface area contributed by atoms with Crippen LogP contribution in [0.1, 0.15) is 0 Å². The number of hydrogen-bond acceptors (Lipinski definition) is 3. The first kappa shape index (κ1) is 9.73. The van der Waals surface area contributed by atoms with Crippen LogP contribution >= 0.6 is 11.6 Å². The SMILES string of the molecule is On1c(Cl)cncc1=Nc1ccccc1. The van der Waals surface area contributed by atoms with Gasteiger partial charge in [-0.05, 0) is 12.1 Å². The summed E-state index contributed by atoms with van der Waals surface area (Å²) in [5, 5.41) is 9.63. The van der Waals surface area contributed by atoms with Crippen molar-refractivity contribution >= 4 is 17.3 Å². The molecule has 0 atom stereocenters. The normalized spacial score (nSPS) is 11.7. The molecule has 0 saturated heterocycles. The van der Waals surface area contributed by atoms with Crippen LogP contribution in [0.5, 0.6) is 0 Å². The molecule has 2 rings (SSSR count). The Hall–Kier alpha value is -1.81. The van der Waals surface area contributed by atoms with Crippen molar-refractivity contribution in [1.82, 2.24) is 9.71 Å². The summed E-state index contributed by atoms with van der Waals surface area (Å²) in [6, 6.07) is 9.25. The molecule has 0 radical (unpaired) electrons. The van der Waals surface area contributed by atoms with E-state index in [9.17, 15) is 5.21 Å². The molecule has 5 heteroatoms. The molecule has 0 aliphatic carbocycles. The molecule has 1 N–H and O–H groups in total. The second kappa shape index (κ2) is 4.14. The molecule has 1 heterocycles. The lowest BCUT2D eigenvalue weighted by molar-refractivity contribution is 0.172. The van der Waals surface area contributed by atoms with E-state index >= 15 is 0 Å². The van der Waals surface area contributed by atoms with Crippen LogP contribution in [0.15, 0.2) is 47.7 Å². The van der Waals surface area contributed by atoms with Crippen LogP contribution in [0, 0.1) is 0 Å². The van der Waals surface area contributed by atoms with Crippen LogP contribution in [0.2, 0.25) is 5.15 Å². The van der Waals surface area contributed by atoms with Gasteiger partial charge in [-0.3, -0.25) is 4.98 Å². The summed E-state index contributed by atoms with van der Waals surface area (Å²) < 4.78 is 0.779. The van der Waals surface area contributed by atoms with Crippen LogP contribution in [0.4, 0.5) is 5.69 Å². The summed E-state index contributed by atoms with van der Waals surface area (Å²) in [4.78, 5) is 8.00. The molecule has 0 bridgehead atoms. The van der Waals surface area contributed by atoms with Gasteiger partial charge in [0.15, 0.2) is 10.6 Å². The monoisotopic (exact) mass is 221 g/mol. The fourth-order valence-corrected chi connectivity index (χ4v) is 1.24. The van der Waals surface area contributed by atoms with Crippen LogP contribution in [0.3, 0.4) is 0 Å². The predicted molar refractivity (Wildman–Crippen MR) is 56.1 cm³/mol. The van der Waals surface area contributed by atoms with Gasteiger partial charge in [-0.1, -0.05) is 29.8 Å². The van der Waals surface area contributed by atoms with Gasteiger partial charge in [0.25, 0.3) is 0 Å². The first-order chi connectivity index (χ1) is 7.27. The maximum Gasteiger partial charge on any atom is 0.188 e. The zero-order valence-corrected chi connectivity index (χ0v) is 8.46. The van der Waals surface area contributed by atoms with Gasteiger partial charge in [-0.2, -0.15) is 4.73 Å². The van der Waals surface area contributed by atoms with E-state index in [1.807, 2.05) is 30.3 Å². The lowest BCUT2D eigenvalue weighted by atomic mass is 10.3. The minimum absolute atomic E-state index is 0.118. The summed E-state index contributed by atoms with van der Waals surface area (Å²) in [6.07, 6.45) is 2.77. The summed E-state index contributed by atoms with van der Waals surface area (Å²) >= 11 is 5.67. The molecule has 0 saturated carbocycles. The quantitative estimate of drug-likeness (QED) is 0.749. The van der Waals surface area contributed by atoms with E-state index < -0.39 is 0 Å². The van der Waals surface area contributed by atoms with Gasteiger partial charge in [-0.15, -0.1) is 0 Å². The Morgan fingerprint density at radius 2 is 1.93 bits per heavy atom. The fraction of sp³-hybridized carbons (Fsp3) is 0. The van der Waals surface area contributed by atoms with Crippen molar-refractivity contribution in [2.75, 3.05) is 0 Å². The number of rotatable bonds is 1. The van der Waals surface area contributed by atoms with E-state index in [0.29, 0.717) is 0 Å². The Bertz CT molecular complexity index is 522. The third-order valence-electron chi connectivity index (χ3n) is 1.79. The Kier molecular flexibility index (Phi) is 2.69. The van der Waals surface area contributed by atoms with Crippen molar-refractivity contribution in [3.05, 3.63) is 53.4 Å². The molecule has 2 aromatic rings. The maximum absolute atomic E-state index is 9.51. The van der Waals surface area contributed by atoms with E-state index in [2.05, 4.69) is 9.98 Å². The summed E-state index contributed by atoms with van der Waals surface area (Å²) in [5.74, 6) is 0. The predicted octanol–water partition coefficient (Wildman–Crippen LogP) is 2.01. The van der Waals surface area contributed by atoms with Gasteiger partial charge in [0, 0.05) is 0 Å². The largest absolute Gasteiger partial charge is 0.425 e. The molecule has 1 aromatic carbocycles. The number of benzene rings is 1. The third kappa shape index (κ3) is 2.16. The highest BCUT2D eigenvalue weighted by atomic mass is 35.5. The Morgan fingerprint density at radius 3 is 2.67 bits per heavy atom. The van der Waals surface area contributed by atoms with Crippen molar-refractivity contribution in [3.8, 4) is 0 Å². The number of halogens is 1. The van der Waals surface area contributed by atoms with E-state index in [0.717, 1.165) is 10.4 Å². The van der Waals surface area contributed by atoms with Gasteiger partial charge in [0.05, 0.1) is 18.1 Å². The molecule has 0 unspecified atom stereocenters. The standard InChI is InChI=1S/C10H8ClN3O/c11-9-6-12-7-10(14(9)15)13-8-4-2-1-3-5-8/h1-7,15H. The van der Waals surface area contributed by atoms with Crippen molar-refractivity contribution < 1.29 is 5.21 Å². The number of nitrogens with zero attached hydrogens (tertiary/aromatic N) is 3. The minimum Gasteiger partial charge on any atom is -0.425 e. The molecule has 0 spiro atoms. The van der Waals surface area contributed by atoms with Gasteiger partial charge < -0.3 is 5.21 Å². The molecule has 0 amide bonds. The average Bonchev–Trinajstić information content (AvgIpc) is 2.26. The first-order valence-corrected chi connectivity index (χ1v) is 4.67. The summed E-state index contributed by atoms with van der Waals surface area (Å²) in [7, 11) is 0. The number of para-hydroxylation sites is 1.